The highest BCUT2D eigenvalue weighted by molar-refractivity contribution is 5.92. The molecular weight excluding hydrogens is 254 g/mol. The Morgan fingerprint density at radius 2 is 1.85 bits per heavy atom. The summed E-state index contributed by atoms with van der Waals surface area (Å²) in [5, 5.41) is 0. The lowest BCUT2D eigenvalue weighted by Crippen LogP contribution is -2.44. The van der Waals surface area contributed by atoms with Gasteiger partial charge in [-0.1, -0.05) is 12.1 Å². The zero-order valence-electron chi connectivity index (χ0n) is 12.9. The largest absolute Gasteiger partial charge is 0.344 e. The minimum Gasteiger partial charge on any atom is -0.344 e. The molecule has 1 heterocycles. The number of ether oxygens (including phenoxy) is 2. The lowest BCUT2D eigenvalue weighted by Gasteiger charge is -2.35. The summed E-state index contributed by atoms with van der Waals surface area (Å²) in [5.41, 5.74) is 1.52. The third-order valence-electron chi connectivity index (χ3n) is 3.45. The molecule has 4 heteroatoms. The Hall–Kier alpha value is -1.39. The van der Waals surface area contributed by atoms with Crippen molar-refractivity contribution in [2.24, 2.45) is 0 Å². The molecule has 0 unspecified atom stereocenters. The number of amides is 1. The average molecular weight is 277 g/mol. The molecule has 0 radical (unpaired) electrons. The summed E-state index contributed by atoms with van der Waals surface area (Å²) >= 11 is 0. The van der Waals surface area contributed by atoms with Gasteiger partial charge in [-0.3, -0.25) is 4.79 Å². The van der Waals surface area contributed by atoms with Crippen molar-refractivity contribution in [3.63, 3.8) is 0 Å². The molecule has 4 nitrogen and oxygen atoms in total. The first-order valence-corrected chi connectivity index (χ1v) is 6.93. The molecule has 0 bridgehead atoms. The molecule has 0 N–H and O–H groups in total. The summed E-state index contributed by atoms with van der Waals surface area (Å²) in [6.45, 7) is 10.7. The van der Waals surface area contributed by atoms with Crippen LogP contribution in [0.2, 0.25) is 0 Å². The summed E-state index contributed by atoms with van der Waals surface area (Å²) in [7, 11) is 0. The molecule has 1 aromatic carbocycles. The molecule has 0 atom stereocenters. The number of nitrogens with zero attached hydrogens (tertiary/aromatic N) is 1. The Bertz CT molecular complexity index is 499. The van der Waals surface area contributed by atoms with Crippen molar-refractivity contribution >= 4 is 11.6 Å². The van der Waals surface area contributed by atoms with E-state index in [9.17, 15) is 4.79 Å². The third kappa shape index (κ3) is 2.86. The van der Waals surface area contributed by atoms with E-state index < -0.39 is 5.79 Å². The maximum atomic E-state index is 12.0. The second-order valence-electron chi connectivity index (χ2n) is 6.22. The van der Waals surface area contributed by atoms with E-state index in [2.05, 4.69) is 0 Å². The normalized spacial score (nSPS) is 18.1. The van der Waals surface area contributed by atoms with Crippen LogP contribution >= 0.6 is 0 Å². The van der Waals surface area contributed by atoms with Crippen LogP contribution in [0, 0.1) is 0 Å². The SMILES string of the molecule is CC(=O)N(c1cccc(C2(C)OCCO2)c1)C(C)(C)C. The van der Waals surface area contributed by atoms with E-state index in [1.807, 2.05) is 52.0 Å². The topological polar surface area (TPSA) is 38.8 Å². The lowest BCUT2D eigenvalue weighted by molar-refractivity contribution is -0.149. The van der Waals surface area contributed by atoms with Crippen LogP contribution in [-0.2, 0) is 20.1 Å². The van der Waals surface area contributed by atoms with Crippen LogP contribution in [0.5, 0.6) is 0 Å². The Balaban J connectivity index is 2.40. The molecule has 0 spiro atoms. The van der Waals surface area contributed by atoms with Crippen LogP contribution in [0.1, 0.15) is 40.2 Å². The van der Waals surface area contributed by atoms with Crippen molar-refractivity contribution in [2.45, 2.75) is 45.9 Å². The van der Waals surface area contributed by atoms with Gasteiger partial charge in [0.15, 0.2) is 5.79 Å². The Kier molecular flexibility index (Phi) is 3.89. The van der Waals surface area contributed by atoms with Gasteiger partial charge in [0.05, 0.1) is 13.2 Å². The van der Waals surface area contributed by atoms with Crippen molar-refractivity contribution in [3.8, 4) is 0 Å². The van der Waals surface area contributed by atoms with Gasteiger partial charge in [-0.2, -0.15) is 0 Å². The molecule has 20 heavy (non-hydrogen) atoms. The van der Waals surface area contributed by atoms with Crippen LogP contribution in [0.15, 0.2) is 24.3 Å². The highest BCUT2D eigenvalue weighted by atomic mass is 16.7. The Morgan fingerprint density at radius 3 is 2.35 bits per heavy atom. The fourth-order valence-corrected chi connectivity index (χ4v) is 2.65. The first-order chi connectivity index (χ1) is 9.24. The van der Waals surface area contributed by atoms with Crippen LogP contribution in [-0.4, -0.2) is 24.7 Å². The van der Waals surface area contributed by atoms with Crippen LogP contribution < -0.4 is 4.90 Å². The van der Waals surface area contributed by atoms with Gasteiger partial charge in [-0.05, 0) is 39.8 Å². The van der Waals surface area contributed by atoms with Crippen LogP contribution in [0.3, 0.4) is 0 Å². The first kappa shape index (κ1) is 15.0. The number of anilines is 1. The highest BCUT2D eigenvalue weighted by Gasteiger charge is 2.34. The average Bonchev–Trinajstić information content (AvgIpc) is 2.75. The zero-order chi connectivity index (χ0) is 15.0. The van der Waals surface area contributed by atoms with Crippen molar-refractivity contribution < 1.29 is 14.3 Å². The molecule has 1 aliphatic heterocycles. The number of hydrogen-bond donors (Lipinski definition) is 0. The molecule has 0 saturated carbocycles. The number of benzene rings is 1. The second kappa shape index (κ2) is 5.19. The van der Waals surface area contributed by atoms with E-state index >= 15 is 0 Å². The fraction of sp³-hybridized carbons (Fsp3) is 0.562. The fourth-order valence-electron chi connectivity index (χ4n) is 2.65. The van der Waals surface area contributed by atoms with Gasteiger partial charge in [0.1, 0.15) is 0 Å². The predicted molar refractivity (Wildman–Crippen MR) is 78.6 cm³/mol. The standard InChI is InChI=1S/C16H23NO3/c1-12(18)17(15(2,3)4)14-8-6-7-13(11-14)16(5)19-9-10-20-16/h6-8,11H,9-10H2,1-5H3. The van der Waals surface area contributed by atoms with E-state index in [0.29, 0.717) is 13.2 Å². The second-order valence-corrected chi connectivity index (χ2v) is 6.22. The Morgan fingerprint density at radius 1 is 1.25 bits per heavy atom. The smallest absolute Gasteiger partial charge is 0.224 e. The van der Waals surface area contributed by atoms with Gasteiger partial charge in [0.2, 0.25) is 5.91 Å². The minimum atomic E-state index is -0.712. The van der Waals surface area contributed by atoms with Gasteiger partial charge >= 0.3 is 0 Å². The van der Waals surface area contributed by atoms with Gasteiger partial charge in [0, 0.05) is 23.7 Å². The maximum absolute atomic E-state index is 12.0. The predicted octanol–water partition coefficient (Wildman–Crippen LogP) is 3.06. The highest BCUT2D eigenvalue weighted by Crippen LogP contribution is 2.34. The molecule has 0 aliphatic carbocycles. The molecule has 1 aliphatic rings. The van der Waals surface area contributed by atoms with Crippen molar-refractivity contribution in [3.05, 3.63) is 29.8 Å². The van der Waals surface area contributed by atoms with Crippen molar-refractivity contribution in [1.82, 2.24) is 0 Å². The van der Waals surface area contributed by atoms with E-state index in [0.717, 1.165) is 11.3 Å². The zero-order valence-corrected chi connectivity index (χ0v) is 12.9. The minimum absolute atomic E-state index is 0.0214. The first-order valence-electron chi connectivity index (χ1n) is 6.93. The summed E-state index contributed by atoms with van der Waals surface area (Å²) < 4.78 is 11.4. The molecule has 1 fully saturated rings. The number of carbonyl (C=O) groups excluding carboxylic acids is 1. The lowest BCUT2D eigenvalue weighted by atomic mass is 10.0. The summed E-state index contributed by atoms with van der Waals surface area (Å²) in [5.74, 6) is -0.691. The van der Waals surface area contributed by atoms with Gasteiger partial charge in [0.25, 0.3) is 0 Å². The third-order valence-corrected chi connectivity index (χ3v) is 3.45. The summed E-state index contributed by atoms with van der Waals surface area (Å²) in [6, 6.07) is 7.81. The number of hydrogen-bond acceptors (Lipinski definition) is 3. The van der Waals surface area contributed by atoms with E-state index in [-0.39, 0.29) is 11.4 Å². The molecule has 2 rings (SSSR count). The number of rotatable bonds is 2. The molecule has 1 amide bonds. The molecule has 110 valence electrons. The van der Waals surface area contributed by atoms with Gasteiger partial charge < -0.3 is 14.4 Å². The molecule has 1 saturated heterocycles. The van der Waals surface area contributed by atoms with Crippen LogP contribution in [0.25, 0.3) is 0 Å². The summed E-state index contributed by atoms with van der Waals surface area (Å²) in [4.78, 5) is 13.8. The van der Waals surface area contributed by atoms with Gasteiger partial charge in [-0.15, -0.1) is 0 Å². The van der Waals surface area contributed by atoms with Crippen molar-refractivity contribution in [2.75, 3.05) is 18.1 Å². The Labute approximate surface area is 120 Å². The van der Waals surface area contributed by atoms with Gasteiger partial charge in [-0.25, -0.2) is 0 Å². The van der Waals surface area contributed by atoms with E-state index in [1.165, 1.54) is 0 Å². The van der Waals surface area contributed by atoms with Crippen molar-refractivity contribution in [1.29, 1.82) is 0 Å². The molecule has 1 aromatic rings. The number of carbonyl (C=O) groups is 1. The van der Waals surface area contributed by atoms with E-state index in [1.54, 1.807) is 11.8 Å². The maximum Gasteiger partial charge on any atom is 0.224 e. The molecule has 0 aromatic heterocycles. The molecular formula is C16H23NO3. The summed E-state index contributed by atoms with van der Waals surface area (Å²) in [6.07, 6.45) is 0. The quantitative estimate of drug-likeness (QED) is 0.834. The van der Waals surface area contributed by atoms with Crippen LogP contribution in [0.4, 0.5) is 5.69 Å². The van der Waals surface area contributed by atoms with E-state index in [4.69, 9.17) is 9.47 Å². The monoisotopic (exact) mass is 277 g/mol.